The van der Waals surface area contributed by atoms with Gasteiger partial charge in [0.05, 0.1) is 40.9 Å². The van der Waals surface area contributed by atoms with E-state index in [2.05, 4.69) is 22.5 Å². The van der Waals surface area contributed by atoms with Gasteiger partial charge in [-0.25, -0.2) is 14.2 Å². The van der Waals surface area contributed by atoms with Crippen molar-refractivity contribution in [1.82, 2.24) is 14.5 Å². The van der Waals surface area contributed by atoms with Crippen LogP contribution in [0.3, 0.4) is 0 Å². The van der Waals surface area contributed by atoms with Crippen LogP contribution in [-0.4, -0.2) is 51.3 Å². The molecule has 0 aliphatic carbocycles. The van der Waals surface area contributed by atoms with Crippen LogP contribution in [0.5, 0.6) is 11.5 Å². The summed E-state index contributed by atoms with van der Waals surface area (Å²) in [5.74, 6) is -0.699. The minimum Gasteiger partial charge on any atom is -0.478 e. The average Bonchev–Trinajstić information content (AvgIpc) is 3.51. The van der Waals surface area contributed by atoms with Gasteiger partial charge in [-0.1, -0.05) is 29.8 Å². The molecular formula is C33H31ClFN3O5. The van der Waals surface area contributed by atoms with E-state index >= 15 is 0 Å². The Labute approximate surface area is 253 Å². The van der Waals surface area contributed by atoms with Crippen LogP contribution in [0.1, 0.15) is 60.0 Å². The molecule has 7 rings (SSSR count). The number of aromatic carboxylic acids is 1. The van der Waals surface area contributed by atoms with Crippen molar-refractivity contribution in [3.05, 3.63) is 94.0 Å². The highest BCUT2D eigenvalue weighted by molar-refractivity contribution is 6.30. The Balaban J connectivity index is 1.15. The van der Waals surface area contributed by atoms with Crippen molar-refractivity contribution in [2.24, 2.45) is 0 Å². The zero-order valence-electron chi connectivity index (χ0n) is 23.8. The van der Waals surface area contributed by atoms with E-state index in [1.807, 2.05) is 18.2 Å². The van der Waals surface area contributed by atoms with Crippen LogP contribution >= 0.6 is 11.6 Å². The summed E-state index contributed by atoms with van der Waals surface area (Å²) in [7, 11) is 0. The molecule has 1 saturated heterocycles. The van der Waals surface area contributed by atoms with Gasteiger partial charge < -0.3 is 23.9 Å². The Bertz CT molecular complexity index is 1780. The molecule has 3 atom stereocenters. The number of rotatable bonds is 7. The summed E-state index contributed by atoms with van der Waals surface area (Å²) in [6.45, 7) is 6.70. The minimum absolute atomic E-state index is 0.0178. The molecule has 8 nitrogen and oxygen atoms in total. The summed E-state index contributed by atoms with van der Waals surface area (Å²) in [5.41, 5.74) is 4.16. The molecule has 222 valence electrons. The molecule has 0 amide bonds. The SMILES string of the molecule is C[C@@H](c1nc2ccc(C(=O)O)cc2n1C[C@@H]1CCO1)N1CC=C(c2cccc3c2O[C@](C)(c2ccc(Cl)cc2F)O3)CC1. The molecule has 0 bridgehead atoms. The molecule has 0 spiro atoms. The lowest BCUT2D eigenvalue weighted by atomic mass is 9.97. The second-order valence-corrected chi connectivity index (χ2v) is 11.9. The summed E-state index contributed by atoms with van der Waals surface area (Å²) < 4.78 is 35.2. The Kier molecular flexibility index (Phi) is 6.91. The smallest absolute Gasteiger partial charge is 0.335 e. The zero-order chi connectivity index (χ0) is 29.9. The molecule has 4 aromatic rings. The first-order valence-electron chi connectivity index (χ1n) is 14.5. The first kappa shape index (κ1) is 27.9. The number of ether oxygens (including phenoxy) is 3. The molecule has 3 aromatic carbocycles. The highest BCUT2D eigenvalue weighted by Crippen LogP contribution is 2.49. The van der Waals surface area contributed by atoms with Gasteiger partial charge in [-0.05, 0) is 67.8 Å². The molecule has 4 heterocycles. The average molecular weight is 604 g/mol. The number of nitrogens with zero attached hydrogens (tertiary/aromatic N) is 3. The third kappa shape index (κ3) is 4.95. The van der Waals surface area contributed by atoms with E-state index in [0.717, 1.165) is 54.0 Å². The number of aromatic nitrogens is 2. The molecule has 0 unspecified atom stereocenters. The molecule has 10 heteroatoms. The van der Waals surface area contributed by atoms with E-state index in [1.165, 1.54) is 6.07 Å². The molecule has 0 radical (unpaired) electrons. The number of imidazole rings is 1. The number of carboxylic acid groups (broad SMARTS) is 1. The fourth-order valence-corrected chi connectivity index (χ4v) is 6.37. The topological polar surface area (TPSA) is 86.0 Å². The molecule has 1 fully saturated rings. The summed E-state index contributed by atoms with van der Waals surface area (Å²) in [6.07, 6.45) is 4.03. The van der Waals surface area contributed by atoms with Crippen LogP contribution in [0.15, 0.2) is 60.7 Å². The number of benzene rings is 3. The van der Waals surface area contributed by atoms with Gasteiger partial charge in [-0.3, -0.25) is 4.90 Å². The van der Waals surface area contributed by atoms with E-state index in [9.17, 15) is 14.3 Å². The highest BCUT2D eigenvalue weighted by atomic mass is 35.5. The quantitative estimate of drug-likeness (QED) is 0.248. The van der Waals surface area contributed by atoms with Crippen LogP contribution in [0.4, 0.5) is 4.39 Å². The zero-order valence-corrected chi connectivity index (χ0v) is 24.6. The van der Waals surface area contributed by atoms with Crippen LogP contribution in [-0.2, 0) is 17.1 Å². The summed E-state index contributed by atoms with van der Waals surface area (Å²) in [4.78, 5) is 19.0. The number of hydrogen-bond donors (Lipinski definition) is 1. The van der Waals surface area contributed by atoms with Crippen LogP contribution in [0, 0.1) is 5.82 Å². The number of fused-ring (bicyclic) bond motifs is 2. The van der Waals surface area contributed by atoms with Gasteiger partial charge in [0.15, 0.2) is 11.5 Å². The van der Waals surface area contributed by atoms with Gasteiger partial charge >= 0.3 is 5.97 Å². The summed E-state index contributed by atoms with van der Waals surface area (Å²) >= 11 is 5.97. The van der Waals surface area contributed by atoms with Crippen LogP contribution in [0.25, 0.3) is 16.6 Å². The van der Waals surface area contributed by atoms with E-state index in [-0.39, 0.29) is 23.3 Å². The van der Waals surface area contributed by atoms with E-state index in [0.29, 0.717) is 29.6 Å². The van der Waals surface area contributed by atoms with Crippen LogP contribution in [0.2, 0.25) is 5.02 Å². The van der Waals surface area contributed by atoms with Gasteiger partial charge in [0.25, 0.3) is 5.79 Å². The first-order chi connectivity index (χ1) is 20.7. The molecule has 1 N–H and O–H groups in total. The lowest BCUT2D eigenvalue weighted by molar-refractivity contribution is -0.0708. The number of para-hydroxylation sites is 1. The third-order valence-corrected chi connectivity index (χ3v) is 8.95. The molecule has 0 saturated carbocycles. The van der Waals surface area contributed by atoms with Gasteiger partial charge in [0, 0.05) is 37.2 Å². The highest BCUT2D eigenvalue weighted by Gasteiger charge is 2.42. The van der Waals surface area contributed by atoms with Gasteiger partial charge in [0.1, 0.15) is 11.6 Å². The van der Waals surface area contributed by atoms with E-state index < -0.39 is 17.6 Å². The Morgan fingerprint density at radius 2 is 2.05 bits per heavy atom. The Morgan fingerprint density at radius 3 is 2.74 bits per heavy atom. The standard InChI is InChI=1S/C33H31ClFN3O5/c1-19(31-36-27-9-6-21(32(39)40)16-28(27)38(31)18-23-12-15-41-23)37-13-10-20(11-14-37)24-4-3-5-29-30(24)43-33(2,42-29)25-8-7-22(34)17-26(25)35/h3-10,16-17,19,23H,11-15,18H2,1-2H3,(H,39,40)/t19-,23-,33+/m0/s1. The monoisotopic (exact) mass is 603 g/mol. The van der Waals surface area contributed by atoms with E-state index in [1.54, 1.807) is 37.3 Å². The second-order valence-electron chi connectivity index (χ2n) is 11.4. The maximum atomic E-state index is 14.8. The number of carboxylic acids is 1. The molecular weight excluding hydrogens is 573 g/mol. The van der Waals surface area contributed by atoms with Crippen molar-refractivity contribution < 1.29 is 28.5 Å². The van der Waals surface area contributed by atoms with Crippen molar-refractivity contribution in [3.63, 3.8) is 0 Å². The molecule has 1 aromatic heterocycles. The predicted octanol–water partition coefficient (Wildman–Crippen LogP) is 6.81. The maximum Gasteiger partial charge on any atom is 0.335 e. The lowest BCUT2D eigenvalue weighted by Gasteiger charge is -2.33. The first-order valence-corrected chi connectivity index (χ1v) is 14.8. The fourth-order valence-electron chi connectivity index (χ4n) is 6.21. The fraction of sp³-hybridized carbons (Fsp3) is 0.333. The van der Waals surface area contributed by atoms with Gasteiger partial charge in [-0.2, -0.15) is 0 Å². The van der Waals surface area contributed by atoms with Crippen molar-refractivity contribution in [2.75, 3.05) is 19.7 Å². The Morgan fingerprint density at radius 1 is 1.21 bits per heavy atom. The Hall–Kier alpha value is -3.92. The summed E-state index contributed by atoms with van der Waals surface area (Å²) in [6, 6.07) is 15.3. The number of halogens is 2. The normalized spacial score (nSPS) is 22.3. The van der Waals surface area contributed by atoms with Crippen molar-refractivity contribution >= 4 is 34.2 Å². The molecule has 3 aliphatic rings. The minimum atomic E-state index is -1.31. The predicted molar refractivity (Wildman–Crippen MR) is 160 cm³/mol. The number of carbonyl (C=O) groups is 1. The molecule has 43 heavy (non-hydrogen) atoms. The lowest BCUT2D eigenvalue weighted by Crippen LogP contribution is -2.35. The second kappa shape index (κ2) is 10.7. The van der Waals surface area contributed by atoms with Gasteiger partial charge in [0.2, 0.25) is 0 Å². The number of hydrogen-bond acceptors (Lipinski definition) is 6. The third-order valence-electron chi connectivity index (χ3n) is 8.71. The molecule has 3 aliphatic heterocycles. The summed E-state index contributed by atoms with van der Waals surface area (Å²) in [5, 5.41) is 9.88. The van der Waals surface area contributed by atoms with Gasteiger partial charge in [-0.15, -0.1) is 0 Å². The van der Waals surface area contributed by atoms with Crippen molar-refractivity contribution in [2.45, 2.75) is 51.2 Å². The van der Waals surface area contributed by atoms with Crippen molar-refractivity contribution in [3.8, 4) is 11.5 Å². The largest absolute Gasteiger partial charge is 0.478 e. The van der Waals surface area contributed by atoms with Crippen LogP contribution < -0.4 is 9.47 Å². The van der Waals surface area contributed by atoms with E-state index in [4.69, 9.17) is 30.8 Å². The van der Waals surface area contributed by atoms with Crippen molar-refractivity contribution in [1.29, 1.82) is 0 Å². The maximum absolute atomic E-state index is 14.8.